The number of amides is 1. The standard InChI is InChI=1S/C17H15F3N2O/c18-17(19,20)13-6-4-10(5-7-13)14-3-1-2-11-8-12(16(21)23)9-22-15(11)14/h1-4,8-9,13H,5-7H2,(H2,21,23). The van der Waals surface area contributed by atoms with Crippen molar-refractivity contribution in [3.8, 4) is 0 Å². The number of hydrogen-bond acceptors (Lipinski definition) is 2. The van der Waals surface area contributed by atoms with Crippen LogP contribution in [0, 0.1) is 5.92 Å². The molecule has 3 nitrogen and oxygen atoms in total. The summed E-state index contributed by atoms with van der Waals surface area (Å²) in [5.41, 5.74) is 7.92. The van der Waals surface area contributed by atoms with Crippen LogP contribution in [0.1, 0.15) is 35.2 Å². The highest BCUT2D eigenvalue weighted by Gasteiger charge is 2.39. The van der Waals surface area contributed by atoms with Crippen LogP contribution >= 0.6 is 0 Å². The Morgan fingerprint density at radius 1 is 1.30 bits per heavy atom. The van der Waals surface area contributed by atoms with Crippen molar-refractivity contribution < 1.29 is 18.0 Å². The lowest BCUT2D eigenvalue weighted by Gasteiger charge is -2.24. The molecule has 1 aliphatic rings. The molecule has 1 aliphatic carbocycles. The fourth-order valence-electron chi connectivity index (χ4n) is 2.93. The van der Waals surface area contributed by atoms with Crippen LogP contribution in [0.2, 0.25) is 0 Å². The molecule has 6 heteroatoms. The van der Waals surface area contributed by atoms with E-state index in [0.717, 1.165) is 16.5 Å². The molecular weight excluding hydrogens is 305 g/mol. The number of alkyl halides is 3. The summed E-state index contributed by atoms with van der Waals surface area (Å²) in [6.45, 7) is 0. The number of para-hydroxylation sites is 1. The average molecular weight is 320 g/mol. The molecule has 1 unspecified atom stereocenters. The first-order chi connectivity index (χ1) is 10.9. The topological polar surface area (TPSA) is 56.0 Å². The van der Waals surface area contributed by atoms with Gasteiger partial charge in [-0.25, -0.2) is 0 Å². The second-order valence-electron chi connectivity index (χ2n) is 5.71. The number of primary amides is 1. The number of carbonyl (C=O) groups excluding carboxylic acids is 1. The van der Waals surface area contributed by atoms with E-state index >= 15 is 0 Å². The van der Waals surface area contributed by atoms with E-state index in [9.17, 15) is 18.0 Å². The molecule has 0 bridgehead atoms. The minimum atomic E-state index is -4.14. The summed E-state index contributed by atoms with van der Waals surface area (Å²) >= 11 is 0. The summed E-state index contributed by atoms with van der Waals surface area (Å²) < 4.78 is 38.3. The van der Waals surface area contributed by atoms with Gasteiger partial charge in [0.05, 0.1) is 17.0 Å². The van der Waals surface area contributed by atoms with Gasteiger partial charge in [0.1, 0.15) is 0 Å². The molecule has 0 saturated carbocycles. The van der Waals surface area contributed by atoms with Gasteiger partial charge in [0.25, 0.3) is 0 Å². The lowest BCUT2D eigenvalue weighted by atomic mass is 9.85. The van der Waals surface area contributed by atoms with Crippen molar-refractivity contribution in [2.24, 2.45) is 11.7 Å². The Hall–Kier alpha value is -2.37. The van der Waals surface area contributed by atoms with Crippen molar-refractivity contribution in [2.45, 2.75) is 25.4 Å². The summed E-state index contributed by atoms with van der Waals surface area (Å²) in [4.78, 5) is 15.5. The van der Waals surface area contributed by atoms with E-state index < -0.39 is 18.0 Å². The molecule has 0 spiro atoms. The van der Waals surface area contributed by atoms with Gasteiger partial charge in [0, 0.05) is 17.1 Å². The summed E-state index contributed by atoms with van der Waals surface area (Å²) in [5.74, 6) is -1.83. The number of carbonyl (C=O) groups is 1. The highest BCUT2D eigenvalue weighted by atomic mass is 19.4. The highest BCUT2D eigenvalue weighted by Crippen LogP contribution is 2.40. The molecule has 2 N–H and O–H groups in total. The first-order valence-electron chi connectivity index (χ1n) is 7.31. The fourth-order valence-corrected chi connectivity index (χ4v) is 2.93. The van der Waals surface area contributed by atoms with Gasteiger partial charge in [-0.3, -0.25) is 9.78 Å². The molecule has 120 valence electrons. The highest BCUT2D eigenvalue weighted by molar-refractivity contribution is 5.98. The minimum absolute atomic E-state index is 0.00537. The quantitative estimate of drug-likeness (QED) is 0.906. The first kappa shape index (κ1) is 15.5. The molecular formula is C17H15F3N2O. The van der Waals surface area contributed by atoms with E-state index in [-0.39, 0.29) is 12.8 Å². The molecule has 1 aromatic heterocycles. The second kappa shape index (κ2) is 5.68. The zero-order chi connectivity index (χ0) is 16.6. The van der Waals surface area contributed by atoms with Crippen LogP contribution in [-0.4, -0.2) is 17.1 Å². The lowest BCUT2D eigenvalue weighted by molar-refractivity contribution is -0.175. The predicted octanol–water partition coefficient (Wildman–Crippen LogP) is 4.08. The van der Waals surface area contributed by atoms with Crippen molar-refractivity contribution >= 4 is 22.4 Å². The van der Waals surface area contributed by atoms with E-state index in [0.29, 0.717) is 17.5 Å². The van der Waals surface area contributed by atoms with Gasteiger partial charge >= 0.3 is 6.18 Å². The molecule has 3 rings (SSSR count). The molecule has 0 saturated heterocycles. The number of nitrogens with zero attached hydrogens (tertiary/aromatic N) is 1. The van der Waals surface area contributed by atoms with Crippen molar-refractivity contribution in [3.05, 3.63) is 47.7 Å². The van der Waals surface area contributed by atoms with Gasteiger partial charge < -0.3 is 5.73 Å². The molecule has 1 atom stereocenters. The van der Waals surface area contributed by atoms with Gasteiger partial charge in [-0.2, -0.15) is 13.2 Å². The molecule has 1 heterocycles. The van der Waals surface area contributed by atoms with Gasteiger partial charge in [0.2, 0.25) is 5.91 Å². The molecule has 0 radical (unpaired) electrons. The van der Waals surface area contributed by atoms with Gasteiger partial charge in [0.15, 0.2) is 0 Å². The number of fused-ring (bicyclic) bond motifs is 1. The van der Waals surface area contributed by atoms with Crippen LogP contribution < -0.4 is 5.73 Å². The zero-order valence-corrected chi connectivity index (χ0v) is 12.2. The Balaban J connectivity index is 1.98. The van der Waals surface area contributed by atoms with Crippen LogP contribution in [-0.2, 0) is 0 Å². The van der Waals surface area contributed by atoms with Crippen molar-refractivity contribution in [1.82, 2.24) is 4.98 Å². The van der Waals surface area contributed by atoms with Crippen molar-refractivity contribution in [2.75, 3.05) is 0 Å². The van der Waals surface area contributed by atoms with E-state index in [1.165, 1.54) is 6.20 Å². The van der Waals surface area contributed by atoms with Crippen molar-refractivity contribution in [3.63, 3.8) is 0 Å². The third kappa shape index (κ3) is 3.06. The second-order valence-corrected chi connectivity index (χ2v) is 5.71. The predicted molar refractivity (Wildman–Crippen MR) is 81.6 cm³/mol. The Morgan fingerprint density at radius 2 is 2.09 bits per heavy atom. The number of nitrogens with two attached hydrogens (primary N) is 1. The monoisotopic (exact) mass is 320 g/mol. The maximum Gasteiger partial charge on any atom is 0.392 e. The summed E-state index contributed by atoms with van der Waals surface area (Å²) in [6, 6.07) is 7.11. The Morgan fingerprint density at radius 3 is 2.70 bits per heavy atom. The lowest BCUT2D eigenvalue weighted by Crippen LogP contribution is -2.24. The van der Waals surface area contributed by atoms with E-state index in [2.05, 4.69) is 4.98 Å². The van der Waals surface area contributed by atoms with E-state index in [1.807, 2.05) is 6.07 Å². The summed E-state index contributed by atoms with van der Waals surface area (Å²) in [7, 11) is 0. The molecule has 23 heavy (non-hydrogen) atoms. The normalized spacial score (nSPS) is 18.7. The number of rotatable bonds is 2. The Labute approximate surface area is 131 Å². The number of benzene rings is 1. The van der Waals surface area contributed by atoms with Crippen LogP contribution in [0.4, 0.5) is 13.2 Å². The maximum absolute atomic E-state index is 12.8. The van der Waals surface area contributed by atoms with Crippen LogP contribution in [0.5, 0.6) is 0 Å². The average Bonchev–Trinajstić information content (AvgIpc) is 2.53. The molecule has 0 fully saturated rings. The van der Waals surface area contributed by atoms with Crippen molar-refractivity contribution in [1.29, 1.82) is 0 Å². The first-order valence-corrected chi connectivity index (χ1v) is 7.31. The SMILES string of the molecule is NC(=O)c1cnc2c(C3=CCC(C(F)(F)F)CC3)cccc2c1. The zero-order valence-electron chi connectivity index (χ0n) is 12.2. The largest absolute Gasteiger partial charge is 0.392 e. The molecule has 0 aliphatic heterocycles. The van der Waals surface area contributed by atoms with Gasteiger partial charge in [-0.15, -0.1) is 0 Å². The third-order valence-corrected chi connectivity index (χ3v) is 4.22. The van der Waals surface area contributed by atoms with E-state index in [4.69, 9.17) is 5.73 Å². The molecule has 1 aromatic carbocycles. The van der Waals surface area contributed by atoms with Crippen LogP contribution in [0.25, 0.3) is 16.5 Å². The maximum atomic E-state index is 12.8. The fraction of sp³-hybridized carbons (Fsp3) is 0.294. The summed E-state index contributed by atoms with van der Waals surface area (Å²) in [5, 5.41) is 0.748. The Bertz CT molecular complexity index is 796. The molecule has 1 amide bonds. The molecule has 2 aromatic rings. The Kier molecular flexibility index (Phi) is 3.83. The summed E-state index contributed by atoms with van der Waals surface area (Å²) in [6.07, 6.45) is -0.645. The smallest absolute Gasteiger partial charge is 0.366 e. The third-order valence-electron chi connectivity index (χ3n) is 4.22. The number of allylic oxidation sites excluding steroid dienone is 2. The number of pyridine rings is 1. The number of halogens is 3. The van der Waals surface area contributed by atoms with Gasteiger partial charge in [-0.05, 0) is 30.9 Å². The van der Waals surface area contributed by atoms with E-state index in [1.54, 1.807) is 24.3 Å². The minimum Gasteiger partial charge on any atom is -0.366 e. The number of hydrogen-bond donors (Lipinski definition) is 1. The van der Waals surface area contributed by atoms with Gasteiger partial charge in [-0.1, -0.05) is 24.3 Å². The number of aromatic nitrogens is 1. The van der Waals surface area contributed by atoms with Crippen LogP contribution in [0.3, 0.4) is 0 Å². The van der Waals surface area contributed by atoms with Crippen LogP contribution in [0.15, 0.2) is 36.5 Å².